The number of halogens is 1. The van der Waals surface area contributed by atoms with Crippen LogP contribution in [0.5, 0.6) is 0 Å². The Hall–Kier alpha value is -2.69. The molecule has 5 heteroatoms. The van der Waals surface area contributed by atoms with E-state index in [0.29, 0.717) is 31.0 Å². The molecule has 142 valence electrons. The smallest absolute Gasteiger partial charge is 0.247 e. The number of amides is 2. The van der Waals surface area contributed by atoms with Crippen molar-refractivity contribution in [3.8, 4) is 0 Å². The normalized spacial score (nSPS) is 18.3. The van der Waals surface area contributed by atoms with E-state index in [-0.39, 0.29) is 23.5 Å². The summed E-state index contributed by atoms with van der Waals surface area (Å²) < 4.78 is 13.3. The molecule has 1 aliphatic heterocycles. The fourth-order valence-corrected chi connectivity index (χ4v) is 3.66. The van der Waals surface area contributed by atoms with Gasteiger partial charge >= 0.3 is 0 Å². The Labute approximate surface area is 159 Å². The quantitative estimate of drug-likeness (QED) is 0.876. The number of hydrogen-bond donors (Lipinski definition) is 1. The van der Waals surface area contributed by atoms with Gasteiger partial charge in [-0.25, -0.2) is 4.39 Å². The van der Waals surface area contributed by atoms with Crippen LogP contribution in [0.3, 0.4) is 0 Å². The monoisotopic (exact) mass is 368 g/mol. The van der Waals surface area contributed by atoms with Crippen LogP contribution in [0.15, 0.2) is 54.6 Å². The van der Waals surface area contributed by atoms with E-state index in [1.807, 2.05) is 30.3 Å². The van der Waals surface area contributed by atoms with E-state index in [0.717, 1.165) is 5.56 Å². The van der Waals surface area contributed by atoms with Gasteiger partial charge in [0.1, 0.15) is 11.9 Å². The van der Waals surface area contributed by atoms with E-state index in [1.54, 1.807) is 17.0 Å². The zero-order valence-electron chi connectivity index (χ0n) is 15.7. The third kappa shape index (κ3) is 4.35. The SMILES string of the molecule is CC(C)C(CC(=O)N1CCNC(=O)C1c1ccc(F)cc1)c1ccccc1. The summed E-state index contributed by atoms with van der Waals surface area (Å²) in [6.07, 6.45) is 0.340. The topological polar surface area (TPSA) is 49.4 Å². The van der Waals surface area contributed by atoms with E-state index in [2.05, 4.69) is 19.2 Å². The van der Waals surface area contributed by atoms with Crippen LogP contribution in [-0.2, 0) is 9.59 Å². The van der Waals surface area contributed by atoms with Gasteiger partial charge < -0.3 is 10.2 Å². The van der Waals surface area contributed by atoms with Crippen LogP contribution < -0.4 is 5.32 Å². The van der Waals surface area contributed by atoms with Crippen LogP contribution >= 0.6 is 0 Å². The number of carbonyl (C=O) groups is 2. The molecule has 27 heavy (non-hydrogen) atoms. The van der Waals surface area contributed by atoms with E-state index in [4.69, 9.17) is 0 Å². The Bertz CT molecular complexity index is 790. The van der Waals surface area contributed by atoms with Crippen LogP contribution in [0, 0.1) is 11.7 Å². The zero-order valence-corrected chi connectivity index (χ0v) is 15.7. The summed E-state index contributed by atoms with van der Waals surface area (Å²) in [6.45, 7) is 5.09. The Morgan fingerprint density at radius 1 is 1.15 bits per heavy atom. The number of hydrogen-bond acceptors (Lipinski definition) is 2. The zero-order chi connectivity index (χ0) is 19.4. The maximum atomic E-state index is 13.3. The fraction of sp³-hybridized carbons (Fsp3) is 0.364. The Kier molecular flexibility index (Phi) is 5.89. The minimum Gasteiger partial charge on any atom is -0.352 e. The number of piperazine rings is 1. The molecule has 0 aliphatic carbocycles. The third-order valence-corrected chi connectivity index (χ3v) is 5.15. The van der Waals surface area contributed by atoms with Crippen molar-refractivity contribution < 1.29 is 14.0 Å². The van der Waals surface area contributed by atoms with E-state index in [9.17, 15) is 14.0 Å². The lowest BCUT2D eigenvalue weighted by Gasteiger charge is -2.36. The molecule has 4 nitrogen and oxygen atoms in total. The van der Waals surface area contributed by atoms with Crippen LogP contribution in [0.4, 0.5) is 4.39 Å². The maximum Gasteiger partial charge on any atom is 0.247 e. The van der Waals surface area contributed by atoms with Gasteiger partial charge in [-0.05, 0) is 35.1 Å². The summed E-state index contributed by atoms with van der Waals surface area (Å²) in [5.74, 6) is -0.266. The first-order valence-electron chi connectivity index (χ1n) is 9.35. The third-order valence-electron chi connectivity index (χ3n) is 5.15. The molecule has 1 heterocycles. The first kappa shape index (κ1) is 19.1. The molecule has 2 amide bonds. The van der Waals surface area contributed by atoms with Gasteiger partial charge in [-0.3, -0.25) is 9.59 Å². The van der Waals surface area contributed by atoms with Crippen molar-refractivity contribution in [1.29, 1.82) is 0 Å². The Morgan fingerprint density at radius 2 is 1.81 bits per heavy atom. The van der Waals surface area contributed by atoms with Gasteiger partial charge in [-0.1, -0.05) is 56.3 Å². The van der Waals surface area contributed by atoms with Gasteiger partial charge in [0.2, 0.25) is 11.8 Å². The minimum atomic E-state index is -0.713. The summed E-state index contributed by atoms with van der Waals surface area (Å²) in [4.78, 5) is 27.3. The van der Waals surface area contributed by atoms with Crippen LogP contribution in [-0.4, -0.2) is 29.8 Å². The van der Waals surface area contributed by atoms with Crippen molar-refractivity contribution >= 4 is 11.8 Å². The average Bonchev–Trinajstić information content (AvgIpc) is 2.67. The number of benzene rings is 2. The van der Waals surface area contributed by atoms with Crippen molar-refractivity contribution in [3.05, 3.63) is 71.5 Å². The highest BCUT2D eigenvalue weighted by Gasteiger charge is 2.35. The largest absolute Gasteiger partial charge is 0.352 e. The second-order valence-corrected chi connectivity index (χ2v) is 7.30. The lowest BCUT2D eigenvalue weighted by Crippen LogP contribution is -2.52. The predicted molar refractivity (Wildman–Crippen MR) is 103 cm³/mol. The van der Waals surface area contributed by atoms with Crippen molar-refractivity contribution in [2.75, 3.05) is 13.1 Å². The van der Waals surface area contributed by atoms with Gasteiger partial charge in [-0.15, -0.1) is 0 Å². The molecule has 1 N–H and O–H groups in total. The molecule has 2 aromatic carbocycles. The molecular weight excluding hydrogens is 343 g/mol. The number of carbonyl (C=O) groups excluding carboxylic acids is 2. The van der Waals surface area contributed by atoms with Crippen LogP contribution in [0.25, 0.3) is 0 Å². The molecule has 1 saturated heterocycles. The van der Waals surface area contributed by atoms with E-state index >= 15 is 0 Å². The molecule has 0 saturated carbocycles. The number of nitrogens with one attached hydrogen (secondary N) is 1. The molecule has 0 bridgehead atoms. The van der Waals surface area contributed by atoms with Gasteiger partial charge in [0, 0.05) is 19.5 Å². The Morgan fingerprint density at radius 3 is 2.44 bits per heavy atom. The minimum absolute atomic E-state index is 0.0540. The lowest BCUT2D eigenvalue weighted by atomic mass is 9.85. The molecule has 2 unspecified atom stereocenters. The summed E-state index contributed by atoms with van der Waals surface area (Å²) in [5.41, 5.74) is 1.75. The van der Waals surface area contributed by atoms with Crippen LogP contribution in [0.2, 0.25) is 0 Å². The maximum absolute atomic E-state index is 13.3. The number of nitrogens with zero attached hydrogens (tertiary/aromatic N) is 1. The molecule has 3 rings (SSSR count). The van der Waals surface area contributed by atoms with Gasteiger partial charge in [0.15, 0.2) is 0 Å². The molecule has 0 spiro atoms. The number of rotatable bonds is 5. The van der Waals surface area contributed by atoms with E-state index < -0.39 is 6.04 Å². The van der Waals surface area contributed by atoms with Gasteiger partial charge in [0.25, 0.3) is 0 Å². The summed E-state index contributed by atoms with van der Waals surface area (Å²) in [6, 6.07) is 15.1. The van der Waals surface area contributed by atoms with Crippen LogP contribution in [0.1, 0.15) is 43.4 Å². The van der Waals surface area contributed by atoms with Crippen molar-refractivity contribution in [2.24, 2.45) is 5.92 Å². The predicted octanol–water partition coefficient (Wildman–Crippen LogP) is 3.66. The summed E-state index contributed by atoms with van der Waals surface area (Å²) >= 11 is 0. The second kappa shape index (κ2) is 8.33. The highest BCUT2D eigenvalue weighted by atomic mass is 19.1. The van der Waals surface area contributed by atoms with E-state index in [1.165, 1.54) is 12.1 Å². The highest BCUT2D eigenvalue weighted by molar-refractivity contribution is 5.90. The molecule has 0 aromatic heterocycles. The molecule has 1 aliphatic rings. The van der Waals surface area contributed by atoms with Crippen molar-refractivity contribution in [3.63, 3.8) is 0 Å². The highest BCUT2D eigenvalue weighted by Crippen LogP contribution is 2.31. The van der Waals surface area contributed by atoms with Crippen molar-refractivity contribution in [1.82, 2.24) is 10.2 Å². The Balaban J connectivity index is 1.84. The van der Waals surface area contributed by atoms with Gasteiger partial charge in [0.05, 0.1) is 0 Å². The standard InChI is InChI=1S/C22H25FN2O2/c1-15(2)19(16-6-4-3-5-7-16)14-20(26)25-13-12-24-22(27)21(25)17-8-10-18(23)11-9-17/h3-11,15,19,21H,12-14H2,1-2H3,(H,24,27). The summed E-state index contributed by atoms with van der Waals surface area (Å²) in [7, 11) is 0. The first-order valence-corrected chi connectivity index (χ1v) is 9.35. The van der Waals surface area contributed by atoms with Crippen molar-refractivity contribution in [2.45, 2.75) is 32.2 Å². The first-order chi connectivity index (χ1) is 13.0. The average molecular weight is 368 g/mol. The second-order valence-electron chi connectivity index (χ2n) is 7.30. The summed E-state index contributed by atoms with van der Waals surface area (Å²) in [5, 5.41) is 2.81. The molecule has 0 radical (unpaired) electrons. The van der Waals surface area contributed by atoms with Gasteiger partial charge in [-0.2, -0.15) is 0 Å². The molecular formula is C22H25FN2O2. The lowest BCUT2D eigenvalue weighted by molar-refractivity contribution is -0.144. The molecule has 2 aromatic rings. The fourth-order valence-electron chi connectivity index (χ4n) is 3.66. The molecule has 1 fully saturated rings. The molecule has 2 atom stereocenters.